The minimum Gasteiger partial charge on any atom is -0.467 e. The molecule has 2 heterocycles. The first-order valence-corrected chi connectivity index (χ1v) is 6.29. The van der Waals surface area contributed by atoms with E-state index in [2.05, 4.69) is 10.6 Å². The first-order valence-electron chi connectivity index (χ1n) is 6.29. The van der Waals surface area contributed by atoms with Gasteiger partial charge in [0.05, 0.1) is 12.3 Å². The van der Waals surface area contributed by atoms with Crippen molar-refractivity contribution in [2.75, 3.05) is 13.1 Å². The summed E-state index contributed by atoms with van der Waals surface area (Å²) in [6.45, 7) is 4.01. The lowest BCUT2D eigenvalue weighted by Crippen LogP contribution is -2.33. The minimum absolute atomic E-state index is 0.0424. The van der Waals surface area contributed by atoms with E-state index in [9.17, 15) is 4.79 Å². The SMILES string of the molecule is CC(NC(=O)CC1CCNCC1)c1ccco1. The van der Waals surface area contributed by atoms with Gasteiger partial charge in [0.1, 0.15) is 5.76 Å². The van der Waals surface area contributed by atoms with Gasteiger partial charge in [-0.25, -0.2) is 0 Å². The molecule has 1 unspecified atom stereocenters. The first-order chi connectivity index (χ1) is 8.25. The van der Waals surface area contributed by atoms with E-state index in [-0.39, 0.29) is 11.9 Å². The van der Waals surface area contributed by atoms with E-state index >= 15 is 0 Å². The molecule has 17 heavy (non-hydrogen) atoms. The molecule has 1 aliphatic rings. The summed E-state index contributed by atoms with van der Waals surface area (Å²) < 4.78 is 5.26. The Balaban J connectivity index is 1.76. The van der Waals surface area contributed by atoms with E-state index in [0.717, 1.165) is 31.7 Å². The Bertz CT molecular complexity index is 342. The summed E-state index contributed by atoms with van der Waals surface area (Å²) in [4.78, 5) is 11.8. The van der Waals surface area contributed by atoms with Gasteiger partial charge in [0.15, 0.2) is 0 Å². The van der Waals surface area contributed by atoms with Crippen molar-refractivity contribution < 1.29 is 9.21 Å². The summed E-state index contributed by atoms with van der Waals surface area (Å²) in [5, 5.41) is 6.28. The number of carbonyl (C=O) groups excluding carboxylic acids is 1. The lowest BCUT2D eigenvalue weighted by Gasteiger charge is -2.22. The lowest BCUT2D eigenvalue weighted by molar-refractivity contribution is -0.122. The molecule has 1 saturated heterocycles. The molecule has 1 aromatic rings. The van der Waals surface area contributed by atoms with Gasteiger partial charge in [0.25, 0.3) is 0 Å². The maximum absolute atomic E-state index is 11.8. The van der Waals surface area contributed by atoms with Gasteiger partial charge in [-0.2, -0.15) is 0 Å². The van der Waals surface area contributed by atoms with Crippen LogP contribution in [-0.4, -0.2) is 19.0 Å². The third kappa shape index (κ3) is 3.60. The van der Waals surface area contributed by atoms with Gasteiger partial charge in [0, 0.05) is 6.42 Å². The Labute approximate surface area is 102 Å². The predicted octanol–water partition coefficient (Wildman–Crippen LogP) is 1.85. The fourth-order valence-electron chi connectivity index (χ4n) is 2.26. The zero-order valence-electron chi connectivity index (χ0n) is 10.2. The first kappa shape index (κ1) is 12.2. The number of amides is 1. The molecule has 0 aliphatic carbocycles. The van der Waals surface area contributed by atoms with Crippen LogP contribution in [-0.2, 0) is 4.79 Å². The van der Waals surface area contributed by atoms with Crippen LogP contribution in [0, 0.1) is 5.92 Å². The van der Waals surface area contributed by atoms with Crippen molar-refractivity contribution in [1.82, 2.24) is 10.6 Å². The number of rotatable bonds is 4. The molecule has 94 valence electrons. The van der Waals surface area contributed by atoms with Crippen molar-refractivity contribution in [3.63, 3.8) is 0 Å². The molecular weight excluding hydrogens is 216 g/mol. The average molecular weight is 236 g/mol. The highest BCUT2D eigenvalue weighted by atomic mass is 16.3. The van der Waals surface area contributed by atoms with Crippen LogP contribution < -0.4 is 10.6 Å². The van der Waals surface area contributed by atoms with Gasteiger partial charge in [-0.1, -0.05) is 0 Å². The van der Waals surface area contributed by atoms with Crippen molar-refractivity contribution in [3.8, 4) is 0 Å². The monoisotopic (exact) mass is 236 g/mol. The Hall–Kier alpha value is -1.29. The van der Waals surface area contributed by atoms with E-state index in [1.54, 1.807) is 6.26 Å². The zero-order valence-corrected chi connectivity index (χ0v) is 10.2. The highest BCUT2D eigenvalue weighted by Crippen LogP contribution is 2.17. The molecule has 0 radical (unpaired) electrons. The fraction of sp³-hybridized carbons (Fsp3) is 0.615. The Morgan fingerprint density at radius 3 is 3.00 bits per heavy atom. The van der Waals surface area contributed by atoms with Gasteiger partial charge < -0.3 is 15.1 Å². The molecule has 4 nitrogen and oxygen atoms in total. The van der Waals surface area contributed by atoms with Gasteiger partial charge in [-0.15, -0.1) is 0 Å². The van der Waals surface area contributed by atoms with Crippen molar-refractivity contribution in [1.29, 1.82) is 0 Å². The zero-order chi connectivity index (χ0) is 12.1. The number of hydrogen-bond donors (Lipinski definition) is 2. The van der Waals surface area contributed by atoms with Gasteiger partial charge >= 0.3 is 0 Å². The number of piperidine rings is 1. The van der Waals surface area contributed by atoms with Crippen LogP contribution in [0.5, 0.6) is 0 Å². The van der Waals surface area contributed by atoms with Crippen molar-refractivity contribution in [2.24, 2.45) is 5.92 Å². The van der Waals surface area contributed by atoms with Gasteiger partial charge in [-0.05, 0) is 50.9 Å². The minimum atomic E-state index is -0.0424. The molecule has 1 atom stereocenters. The summed E-state index contributed by atoms with van der Waals surface area (Å²) in [5.74, 6) is 1.46. The van der Waals surface area contributed by atoms with Crippen molar-refractivity contribution in [2.45, 2.75) is 32.2 Å². The number of carbonyl (C=O) groups is 1. The van der Waals surface area contributed by atoms with Crippen molar-refractivity contribution >= 4 is 5.91 Å². The Kier molecular flexibility index (Phi) is 4.20. The average Bonchev–Trinajstić information content (AvgIpc) is 2.83. The molecule has 0 saturated carbocycles. The smallest absolute Gasteiger partial charge is 0.220 e. The molecule has 1 fully saturated rings. The largest absolute Gasteiger partial charge is 0.467 e. The maximum Gasteiger partial charge on any atom is 0.220 e. The molecule has 0 spiro atoms. The highest BCUT2D eigenvalue weighted by Gasteiger charge is 2.18. The summed E-state index contributed by atoms with van der Waals surface area (Å²) in [6.07, 6.45) is 4.46. The third-order valence-corrected chi connectivity index (χ3v) is 3.28. The van der Waals surface area contributed by atoms with Crippen LogP contribution in [0.4, 0.5) is 0 Å². The molecule has 0 bridgehead atoms. The van der Waals surface area contributed by atoms with Crippen LogP contribution in [0.2, 0.25) is 0 Å². The van der Waals surface area contributed by atoms with Crippen LogP contribution in [0.3, 0.4) is 0 Å². The maximum atomic E-state index is 11.8. The van der Waals surface area contributed by atoms with E-state index in [1.807, 2.05) is 19.1 Å². The number of hydrogen-bond acceptors (Lipinski definition) is 3. The number of furan rings is 1. The molecule has 1 amide bonds. The Morgan fingerprint density at radius 1 is 1.59 bits per heavy atom. The molecular formula is C13H20N2O2. The van der Waals surface area contributed by atoms with Crippen LogP contribution in [0.1, 0.15) is 38.0 Å². The fourth-order valence-corrected chi connectivity index (χ4v) is 2.26. The standard InChI is InChI=1S/C13H20N2O2/c1-10(12-3-2-8-17-12)15-13(16)9-11-4-6-14-7-5-11/h2-3,8,10-11,14H,4-7,9H2,1H3,(H,15,16). The van der Waals surface area contributed by atoms with E-state index in [0.29, 0.717) is 12.3 Å². The quantitative estimate of drug-likeness (QED) is 0.838. The molecule has 0 aromatic carbocycles. The van der Waals surface area contributed by atoms with E-state index in [4.69, 9.17) is 4.42 Å². The second-order valence-electron chi connectivity index (χ2n) is 4.70. The Morgan fingerprint density at radius 2 is 2.35 bits per heavy atom. The second kappa shape index (κ2) is 5.87. The molecule has 2 rings (SSSR count). The third-order valence-electron chi connectivity index (χ3n) is 3.28. The highest BCUT2D eigenvalue weighted by molar-refractivity contribution is 5.76. The summed E-state index contributed by atoms with van der Waals surface area (Å²) in [5.41, 5.74) is 0. The normalized spacial score (nSPS) is 18.9. The lowest BCUT2D eigenvalue weighted by atomic mass is 9.94. The predicted molar refractivity (Wildman–Crippen MR) is 65.5 cm³/mol. The van der Waals surface area contributed by atoms with Crippen LogP contribution >= 0.6 is 0 Å². The second-order valence-corrected chi connectivity index (χ2v) is 4.70. The molecule has 4 heteroatoms. The topological polar surface area (TPSA) is 54.3 Å². The van der Waals surface area contributed by atoms with Gasteiger partial charge in [0.2, 0.25) is 5.91 Å². The molecule has 1 aliphatic heterocycles. The van der Waals surface area contributed by atoms with E-state index in [1.165, 1.54) is 0 Å². The van der Waals surface area contributed by atoms with Gasteiger partial charge in [-0.3, -0.25) is 4.79 Å². The molecule has 1 aromatic heterocycles. The number of nitrogens with one attached hydrogen (secondary N) is 2. The summed E-state index contributed by atoms with van der Waals surface area (Å²) in [6, 6.07) is 3.68. The van der Waals surface area contributed by atoms with Crippen LogP contribution in [0.25, 0.3) is 0 Å². The van der Waals surface area contributed by atoms with E-state index < -0.39 is 0 Å². The van der Waals surface area contributed by atoms with Crippen LogP contribution in [0.15, 0.2) is 22.8 Å². The molecule has 2 N–H and O–H groups in total. The van der Waals surface area contributed by atoms with Crippen molar-refractivity contribution in [3.05, 3.63) is 24.2 Å². The summed E-state index contributed by atoms with van der Waals surface area (Å²) in [7, 11) is 0. The summed E-state index contributed by atoms with van der Waals surface area (Å²) >= 11 is 0.